The normalized spacial score (nSPS) is 18.5. The maximum Gasteiger partial charge on any atom is 0.150 e. The van der Waals surface area contributed by atoms with Crippen LogP contribution in [0.25, 0.3) is 11.1 Å². The summed E-state index contributed by atoms with van der Waals surface area (Å²) in [5, 5.41) is 0. The number of rotatable bonds is 7. The largest absolute Gasteiger partial charge is 0.492 e. The van der Waals surface area contributed by atoms with E-state index in [1.165, 1.54) is 12.1 Å². The molecule has 3 nitrogen and oxygen atoms in total. The first-order chi connectivity index (χ1) is 16.1. The van der Waals surface area contributed by atoms with Crippen LogP contribution < -0.4 is 9.47 Å². The van der Waals surface area contributed by atoms with Gasteiger partial charge in [-0.05, 0) is 54.0 Å². The summed E-state index contributed by atoms with van der Waals surface area (Å²) in [6.07, 6.45) is -0.307. The van der Waals surface area contributed by atoms with Crippen LogP contribution in [0.1, 0.15) is 29.7 Å². The van der Waals surface area contributed by atoms with Gasteiger partial charge in [0.2, 0.25) is 0 Å². The molecule has 0 bridgehead atoms. The molecule has 5 rings (SSSR count). The standard InChI is InChI=1S/C28H27F2NO2/c1-19-25-15-23(30)9-12-26(25)33-28(27(19)21-5-3-2-4-6-21)22-7-10-24(11-8-22)32-14-13-31-17-20(16-29)18-31/h2-12,15,20,28H,13-14,16-18H2,1H3. The highest BCUT2D eigenvalue weighted by Crippen LogP contribution is 2.46. The van der Waals surface area contributed by atoms with Gasteiger partial charge in [0, 0.05) is 36.7 Å². The minimum absolute atomic E-state index is 0.191. The summed E-state index contributed by atoms with van der Waals surface area (Å²) in [5.74, 6) is 1.39. The van der Waals surface area contributed by atoms with Crippen LogP contribution in [0, 0.1) is 11.7 Å². The summed E-state index contributed by atoms with van der Waals surface area (Å²) in [7, 11) is 0. The van der Waals surface area contributed by atoms with E-state index in [-0.39, 0.29) is 24.5 Å². The Bertz CT molecular complexity index is 1140. The number of fused-ring (bicyclic) bond motifs is 1. The van der Waals surface area contributed by atoms with E-state index in [0.29, 0.717) is 12.4 Å². The molecule has 2 heterocycles. The second kappa shape index (κ2) is 9.36. The summed E-state index contributed by atoms with van der Waals surface area (Å²) in [5.41, 5.74) is 4.88. The Morgan fingerprint density at radius 3 is 2.48 bits per heavy atom. The van der Waals surface area contributed by atoms with E-state index in [1.54, 1.807) is 6.07 Å². The van der Waals surface area contributed by atoms with Gasteiger partial charge in [-0.3, -0.25) is 9.29 Å². The molecule has 0 saturated carbocycles. The smallest absolute Gasteiger partial charge is 0.150 e. The molecule has 2 aliphatic heterocycles. The second-order valence-corrected chi connectivity index (χ2v) is 8.74. The van der Waals surface area contributed by atoms with Crippen LogP contribution in [0.4, 0.5) is 8.78 Å². The van der Waals surface area contributed by atoms with Crippen LogP contribution >= 0.6 is 0 Å². The van der Waals surface area contributed by atoms with Crippen molar-refractivity contribution in [3.8, 4) is 11.5 Å². The lowest BCUT2D eigenvalue weighted by Crippen LogP contribution is -2.49. The number of nitrogens with zero attached hydrogens (tertiary/aromatic N) is 1. The summed E-state index contributed by atoms with van der Waals surface area (Å²) in [4.78, 5) is 2.20. The molecule has 5 heteroatoms. The van der Waals surface area contributed by atoms with Gasteiger partial charge in [-0.2, -0.15) is 0 Å². The highest BCUT2D eigenvalue weighted by atomic mass is 19.1. The fourth-order valence-electron chi connectivity index (χ4n) is 4.63. The summed E-state index contributed by atoms with van der Waals surface area (Å²) >= 11 is 0. The minimum atomic E-state index is -0.307. The van der Waals surface area contributed by atoms with Crippen molar-refractivity contribution in [2.45, 2.75) is 13.0 Å². The lowest BCUT2D eigenvalue weighted by Gasteiger charge is -2.37. The predicted molar refractivity (Wildman–Crippen MR) is 127 cm³/mol. The number of alkyl halides is 1. The Morgan fingerprint density at radius 2 is 1.76 bits per heavy atom. The Balaban J connectivity index is 1.36. The van der Waals surface area contributed by atoms with Crippen molar-refractivity contribution in [3.05, 3.63) is 95.3 Å². The van der Waals surface area contributed by atoms with E-state index in [0.717, 1.165) is 53.2 Å². The van der Waals surface area contributed by atoms with Crippen LogP contribution in [0.3, 0.4) is 0 Å². The summed E-state index contributed by atoms with van der Waals surface area (Å²) in [6.45, 7) is 4.80. The Kier molecular flexibility index (Phi) is 6.14. The number of likely N-dealkylation sites (tertiary alicyclic amines) is 1. The maximum absolute atomic E-state index is 14.0. The average Bonchev–Trinajstić information content (AvgIpc) is 2.82. The fraction of sp³-hybridized carbons (Fsp3) is 0.286. The summed E-state index contributed by atoms with van der Waals surface area (Å²) in [6, 6.07) is 22.7. The number of benzene rings is 3. The molecule has 1 unspecified atom stereocenters. The third kappa shape index (κ3) is 4.51. The van der Waals surface area contributed by atoms with Crippen LogP contribution in [0.2, 0.25) is 0 Å². The van der Waals surface area contributed by atoms with Crippen molar-refractivity contribution in [1.82, 2.24) is 4.90 Å². The number of hydrogen-bond acceptors (Lipinski definition) is 3. The van der Waals surface area contributed by atoms with E-state index in [2.05, 4.69) is 17.0 Å². The third-order valence-electron chi connectivity index (χ3n) is 6.45. The molecule has 170 valence electrons. The molecular formula is C28H27F2NO2. The Morgan fingerprint density at radius 1 is 1.00 bits per heavy atom. The zero-order valence-electron chi connectivity index (χ0n) is 18.6. The van der Waals surface area contributed by atoms with Crippen LogP contribution in [0.5, 0.6) is 11.5 Å². The molecule has 0 N–H and O–H groups in total. The van der Waals surface area contributed by atoms with Gasteiger partial charge in [-0.15, -0.1) is 0 Å². The van der Waals surface area contributed by atoms with Crippen molar-refractivity contribution in [1.29, 1.82) is 0 Å². The zero-order valence-corrected chi connectivity index (χ0v) is 18.6. The Labute approximate surface area is 193 Å². The molecule has 1 saturated heterocycles. The SMILES string of the molecule is CC1=C(c2ccccc2)C(c2ccc(OCCN3CC(CF)C3)cc2)Oc2ccc(F)cc21. The van der Waals surface area contributed by atoms with E-state index >= 15 is 0 Å². The number of halogens is 2. The van der Waals surface area contributed by atoms with E-state index in [9.17, 15) is 8.78 Å². The molecular weight excluding hydrogens is 420 g/mol. The van der Waals surface area contributed by atoms with Crippen molar-refractivity contribution >= 4 is 11.1 Å². The van der Waals surface area contributed by atoms with Gasteiger partial charge in [0.25, 0.3) is 0 Å². The van der Waals surface area contributed by atoms with Gasteiger partial charge in [0.15, 0.2) is 0 Å². The molecule has 0 radical (unpaired) electrons. The predicted octanol–water partition coefficient (Wildman–Crippen LogP) is 6.17. The highest BCUT2D eigenvalue weighted by Gasteiger charge is 2.29. The van der Waals surface area contributed by atoms with Gasteiger partial charge in [-0.25, -0.2) is 4.39 Å². The molecule has 1 fully saturated rings. The third-order valence-corrected chi connectivity index (χ3v) is 6.45. The first kappa shape index (κ1) is 21.7. The maximum atomic E-state index is 14.0. The monoisotopic (exact) mass is 447 g/mol. The van der Waals surface area contributed by atoms with Gasteiger partial charge < -0.3 is 9.47 Å². The lowest BCUT2D eigenvalue weighted by atomic mass is 9.86. The Hall–Kier alpha value is -3.18. The highest BCUT2D eigenvalue weighted by molar-refractivity contribution is 5.95. The van der Waals surface area contributed by atoms with Crippen LogP contribution in [0.15, 0.2) is 72.8 Å². The fourth-order valence-corrected chi connectivity index (χ4v) is 4.63. The molecule has 33 heavy (non-hydrogen) atoms. The number of allylic oxidation sites excluding steroid dienone is 1. The first-order valence-corrected chi connectivity index (χ1v) is 11.4. The molecule has 3 aromatic carbocycles. The van der Waals surface area contributed by atoms with Crippen molar-refractivity contribution in [2.75, 3.05) is 32.9 Å². The van der Waals surface area contributed by atoms with Gasteiger partial charge in [0.1, 0.15) is 30.0 Å². The second-order valence-electron chi connectivity index (χ2n) is 8.74. The molecule has 0 aromatic heterocycles. The first-order valence-electron chi connectivity index (χ1n) is 11.4. The average molecular weight is 448 g/mol. The van der Waals surface area contributed by atoms with Crippen LogP contribution in [-0.4, -0.2) is 37.8 Å². The zero-order chi connectivity index (χ0) is 22.8. The minimum Gasteiger partial charge on any atom is -0.492 e. The molecule has 0 aliphatic carbocycles. The molecule has 0 amide bonds. The molecule has 2 aliphatic rings. The van der Waals surface area contributed by atoms with Gasteiger partial charge >= 0.3 is 0 Å². The quantitative estimate of drug-likeness (QED) is 0.432. The van der Waals surface area contributed by atoms with Crippen molar-refractivity contribution < 1.29 is 18.3 Å². The summed E-state index contributed by atoms with van der Waals surface area (Å²) < 4.78 is 38.8. The topological polar surface area (TPSA) is 21.7 Å². The van der Waals surface area contributed by atoms with E-state index in [4.69, 9.17) is 9.47 Å². The van der Waals surface area contributed by atoms with Gasteiger partial charge in [-0.1, -0.05) is 42.5 Å². The molecule has 0 spiro atoms. The molecule has 1 atom stereocenters. The van der Waals surface area contributed by atoms with Crippen molar-refractivity contribution in [2.24, 2.45) is 5.92 Å². The number of ether oxygens (including phenoxy) is 2. The van der Waals surface area contributed by atoms with Crippen LogP contribution in [-0.2, 0) is 0 Å². The van der Waals surface area contributed by atoms with E-state index < -0.39 is 0 Å². The van der Waals surface area contributed by atoms with Gasteiger partial charge in [0.05, 0.1) is 6.67 Å². The number of hydrogen-bond donors (Lipinski definition) is 0. The lowest BCUT2D eigenvalue weighted by molar-refractivity contribution is 0.0668. The molecule has 3 aromatic rings. The van der Waals surface area contributed by atoms with E-state index in [1.807, 2.05) is 49.4 Å². The van der Waals surface area contributed by atoms with Crippen molar-refractivity contribution in [3.63, 3.8) is 0 Å².